The lowest BCUT2D eigenvalue weighted by atomic mass is 10.5. The zero-order valence-electron chi connectivity index (χ0n) is 3.36. The van der Waals surface area contributed by atoms with Gasteiger partial charge in [0, 0.05) is 0 Å². The molecule has 0 heterocycles. The molecule has 0 bridgehead atoms. The second-order valence-electron chi connectivity index (χ2n) is 0.779. The predicted octanol–water partition coefficient (Wildman–Crippen LogP) is 1.54. The van der Waals surface area contributed by atoms with E-state index in [1.54, 1.807) is 6.08 Å². The van der Waals surface area contributed by atoms with Gasteiger partial charge in [-0.15, -0.1) is 5.73 Å². The summed E-state index contributed by atoms with van der Waals surface area (Å²) >= 11 is 0. The summed E-state index contributed by atoms with van der Waals surface area (Å²) in [5.41, 5.74) is 2.39. The standard InChI is InChI=1S/C5H7/c1-3-5-4-2/h1,5H,4H2,2H3. The van der Waals surface area contributed by atoms with E-state index in [4.69, 9.17) is 6.58 Å². The second-order valence-corrected chi connectivity index (χ2v) is 0.779. The molecule has 1 radical (unpaired) electrons. The van der Waals surface area contributed by atoms with E-state index in [1.807, 2.05) is 6.92 Å². The van der Waals surface area contributed by atoms with E-state index in [-0.39, 0.29) is 0 Å². The molecule has 27 valence electrons. The molecule has 0 rings (SSSR count). The van der Waals surface area contributed by atoms with Crippen molar-refractivity contribution in [2.45, 2.75) is 13.3 Å². The third-order valence-electron chi connectivity index (χ3n) is 0.322. The van der Waals surface area contributed by atoms with Crippen LogP contribution in [-0.4, -0.2) is 0 Å². The minimum atomic E-state index is 0.983. The van der Waals surface area contributed by atoms with Crippen LogP contribution in [0.4, 0.5) is 0 Å². The van der Waals surface area contributed by atoms with E-state index >= 15 is 0 Å². The van der Waals surface area contributed by atoms with Gasteiger partial charge in [-0.05, 0) is 19.1 Å². The molecule has 0 aromatic rings. The summed E-state index contributed by atoms with van der Waals surface area (Å²) in [6, 6.07) is 0. The van der Waals surface area contributed by atoms with Crippen LogP contribution in [0, 0.1) is 6.58 Å². The van der Waals surface area contributed by atoms with Crippen LogP contribution in [0.1, 0.15) is 13.3 Å². The van der Waals surface area contributed by atoms with Crippen LogP contribution in [0.25, 0.3) is 0 Å². The topological polar surface area (TPSA) is 0 Å². The molecule has 0 fully saturated rings. The molecule has 0 atom stereocenters. The Balaban J connectivity index is 2.93. The minimum absolute atomic E-state index is 0.983. The van der Waals surface area contributed by atoms with Crippen LogP contribution in [0.3, 0.4) is 0 Å². The number of hydrogen-bond acceptors (Lipinski definition) is 0. The Morgan fingerprint density at radius 1 is 2.00 bits per heavy atom. The zero-order chi connectivity index (χ0) is 4.12. The average Bonchev–Trinajstić information content (AvgIpc) is 1.41. The summed E-state index contributed by atoms with van der Waals surface area (Å²) in [7, 11) is 0. The van der Waals surface area contributed by atoms with Crippen molar-refractivity contribution in [2.24, 2.45) is 0 Å². The Bertz CT molecular complexity index is 47.1. The summed E-state index contributed by atoms with van der Waals surface area (Å²) in [6.45, 7) is 6.85. The van der Waals surface area contributed by atoms with Crippen molar-refractivity contribution in [3.05, 3.63) is 18.4 Å². The van der Waals surface area contributed by atoms with Gasteiger partial charge in [-0.25, -0.2) is 0 Å². The lowest BCUT2D eigenvalue weighted by molar-refractivity contribution is 1.23. The summed E-state index contributed by atoms with van der Waals surface area (Å²) in [5, 5.41) is 0. The number of hydrogen-bond donors (Lipinski definition) is 0. The summed E-state index contributed by atoms with van der Waals surface area (Å²) in [5.74, 6) is 0. The van der Waals surface area contributed by atoms with Gasteiger partial charge in [-0.2, -0.15) is 0 Å². The Morgan fingerprint density at radius 2 is 2.60 bits per heavy atom. The SMILES string of the molecule is [CH]=C=CCC. The molecule has 0 heteroatoms. The van der Waals surface area contributed by atoms with Gasteiger partial charge in [0.2, 0.25) is 0 Å². The maximum atomic E-state index is 4.83. The van der Waals surface area contributed by atoms with Gasteiger partial charge >= 0.3 is 0 Å². The Hall–Kier alpha value is -0.480. The van der Waals surface area contributed by atoms with Crippen molar-refractivity contribution in [3.8, 4) is 0 Å². The smallest absolute Gasteiger partial charge is 0.0126 e. The van der Waals surface area contributed by atoms with E-state index in [0.29, 0.717) is 0 Å². The van der Waals surface area contributed by atoms with Gasteiger partial charge in [0.15, 0.2) is 0 Å². The normalized spacial score (nSPS) is 5.80. The molecule has 0 saturated heterocycles. The first-order valence-electron chi connectivity index (χ1n) is 1.69. The molecule has 5 heavy (non-hydrogen) atoms. The average molecular weight is 67.1 g/mol. The largest absolute Gasteiger partial charge is 0.125 e. The Kier molecular flexibility index (Phi) is 3.18. The molecule has 0 aromatic heterocycles. The van der Waals surface area contributed by atoms with Crippen molar-refractivity contribution in [1.29, 1.82) is 0 Å². The minimum Gasteiger partial charge on any atom is -0.125 e. The van der Waals surface area contributed by atoms with Crippen LogP contribution in [-0.2, 0) is 0 Å². The number of rotatable bonds is 1. The molecule has 0 nitrogen and oxygen atoms in total. The van der Waals surface area contributed by atoms with E-state index in [1.165, 1.54) is 0 Å². The van der Waals surface area contributed by atoms with Crippen LogP contribution in [0.2, 0.25) is 0 Å². The Morgan fingerprint density at radius 3 is 2.60 bits per heavy atom. The highest BCUT2D eigenvalue weighted by Gasteiger charge is 1.49. The van der Waals surface area contributed by atoms with Gasteiger partial charge in [0.25, 0.3) is 0 Å². The van der Waals surface area contributed by atoms with E-state index in [9.17, 15) is 0 Å². The van der Waals surface area contributed by atoms with E-state index in [2.05, 4.69) is 5.73 Å². The highest BCUT2D eigenvalue weighted by Crippen LogP contribution is 1.69. The highest BCUT2D eigenvalue weighted by molar-refractivity contribution is 4.69. The molecule has 0 saturated carbocycles. The fourth-order valence-electron chi connectivity index (χ4n) is 0.118. The lowest BCUT2D eigenvalue weighted by Gasteiger charge is -1.59. The van der Waals surface area contributed by atoms with Crippen molar-refractivity contribution >= 4 is 0 Å². The first kappa shape index (κ1) is 4.52. The van der Waals surface area contributed by atoms with E-state index in [0.717, 1.165) is 6.42 Å². The molecule has 0 aliphatic heterocycles. The van der Waals surface area contributed by atoms with Gasteiger partial charge in [-0.3, -0.25) is 0 Å². The first-order chi connectivity index (χ1) is 2.41. The van der Waals surface area contributed by atoms with Crippen molar-refractivity contribution in [1.82, 2.24) is 0 Å². The molecule has 0 aliphatic rings. The third kappa shape index (κ3) is 3.52. The fourth-order valence-corrected chi connectivity index (χ4v) is 0.118. The van der Waals surface area contributed by atoms with E-state index < -0.39 is 0 Å². The molecule has 0 amide bonds. The van der Waals surface area contributed by atoms with Gasteiger partial charge in [0.1, 0.15) is 0 Å². The van der Waals surface area contributed by atoms with Gasteiger partial charge in [0.05, 0.1) is 0 Å². The molecule has 0 spiro atoms. The van der Waals surface area contributed by atoms with Crippen molar-refractivity contribution in [2.75, 3.05) is 0 Å². The monoisotopic (exact) mass is 67.1 g/mol. The summed E-state index contributed by atoms with van der Waals surface area (Å²) in [6.07, 6.45) is 2.76. The summed E-state index contributed by atoms with van der Waals surface area (Å²) in [4.78, 5) is 0. The van der Waals surface area contributed by atoms with Crippen LogP contribution in [0.5, 0.6) is 0 Å². The van der Waals surface area contributed by atoms with Crippen molar-refractivity contribution < 1.29 is 0 Å². The maximum absolute atomic E-state index is 4.83. The molecule has 0 N–H and O–H groups in total. The highest BCUT2D eigenvalue weighted by atomic mass is 13.6. The third-order valence-corrected chi connectivity index (χ3v) is 0.322. The summed E-state index contributed by atoms with van der Waals surface area (Å²) < 4.78 is 0. The Labute approximate surface area is 32.8 Å². The molecular weight excluding hydrogens is 60.1 g/mol. The second kappa shape index (κ2) is 3.52. The number of allylic oxidation sites excluding steroid dienone is 1. The lowest BCUT2D eigenvalue weighted by Crippen LogP contribution is -1.39. The van der Waals surface area contributed by atoms with Gasteiger partial charge < -0.3 is 0 Å². The van der Waals surface area contributed by atoms with Crippen LogP contribution >= 0.6 is 0 Å². The zero-order valence-corrected chi connectivity index (χ0v) is 3.36. The van der Waals surface area contributed by atoms with Crippen molar-refractivity contribution in [3.63, 3.8) is 0 Å². The fraction of sp³-hybridized carbons (Fsp3) is 0.400. The van der Waals surface area contributed by atoms with Crippen LogP contribution < -0.4 is 0 Å². The van der Waals surface area contributed by atoms with Crippen LogP contribution in [0.15, 0.2) is 11.8 Å². The maximum Gasteiger partial charge on any atom is -0.0126 e. The first-order valence-corrected chi connectivity index (χ1v) is 1.69. The quantitative estimate of drug-likeness (QED) is 0.408. The van der Waals surface area contributed by atoms with Gasteiger partial charge in [-0.1, -0.05) is 6.92 Å². The molecular formula is C5H7. The molecule has 0 aliphatic carbocycles. The molecule has 0 aromatic carbocycles. The molecule has 0 unspecified atom stereocenters. The predicted molar refractivity (Wildman–Crippen MR) is 22.7 cm³/mol.